The minimum Gasteiger partial charge on any atom is -0.352 e. The van der Waals surface area contributed by atoms with Crippen LogP contribution < -0.4 is 10.6 Å². The van der Waals surface area contributed by atoms with Gasteiger partial charge in [-0.15, -0.1) is 0 Å². The van der Waals surface area contributed by atoms with E-state index in [0.717, 1.165) is 11.2 Å². The van der Waals surface area contributed by atoms with Crippen LogP contribution in [0.4, 0.5) is 11.5 Å². The smallest absolute Gasteiger partial charge is 0.255 e. The maximum Gasteiger partial charge on any atom is 0.255 e. The van der Waals surface area contributed by atoms with Crippen LogP contribution in [-0.4, -0.2) is 27.0 Å². The molecule has 2 heterocycles. The SMILES string of the molecule is CC(C)CNC(=O)c1cnc(Nc2cccc(Cl)c2)c2ncn(C)c12. The van der Waals surface area contributed by atoms with E-state index in [1.165, 1.54) is 0 Å². The maximum absolute atomic E-state index is 12.5. The quantitative estimate of drug-likeness (QED) is 0.729. The number of imidazole rings is 1. The molecule has 1 amide bonds. The monoisotopic (exact) mass is 357 g/mol. The average Bonchev–Trinajstić information content (AvgIpc) is 2.96. The molecule has 7 heteroatoms. The second-order valence-electron chi connectivity index (χ2n) is 6.31. The van der Waals surface area contributed by atoms with E-state index < -0.39 is 0 Å². The van der Waals surface area contributed by atoms with E-state index in [-0.39, 0.29) is 5.91 Å². The molecule has 3 aromatic rings. The fraction of sp³-hybridized carbons (Fsp3) is 0.278. The number of aryl methyl sites for hydroxylation is 1. The lowest BCUT2D eigenvalue weighted by Crippen LogP contribution is -2.28. The fourth-order valence-corrected chi connectivity index (χ4v) is 2.72. The molecular weight excluding hydrogens is 338 g/mol. The Bertz CT molecular complexity index is 919. The third-order valence-corrected chi connectivity index (χ3v) is 3.98. The molecule has 25 heavy (non-hydrogen) atoms. The van der Waals surface area contributed by atoms with E-state index in [0.29, 0.717) is 34.4 Å². The third kappa shape index (κ3) is 3.74. The first-order valence-corrected chi connectivity index (χ1v) is 8.44. The summed E-state index contributed by atoms with van der Waals surface area (Å²) in [6.45, 7) is 4.72. The third-order valence-electron chi connectivity index (χ3n) is 3.74. The number of rotatable bonds is 5. The first-order chi connectivity index (χ1) is 12.0. The predicted octanol–water partition coefficient (Wildman–Crippen LogP) is 3.75. The number of halogens is 1. The summed E-state index contributed by atoms with van der Waals surface area (Å²) in [7, 11) is 1.86. The zero-order valence-corrected chi connectivity index (χ0v) is 15.1. The second-order valence-corrected chi connectivity index (χ2v) is 6.75. The number of hydrogen-bond donors (Lipinski definition) is 2. The molecule has 0 atom stereocenters. The maximum atomic E-state index is 12.5. The first-order valence-electron chi connectivity index (χ1n) is 8.06. The zero-order valence-electron chi connectivity index (χ0n) is 14.4. The Morgan fingerprint density at radius 2 is 2.12 bits per heavy atom. The van der Waals surface area contributed by atoms with Crippen LogP contribution >= 0.6 is 11.6 Å². The molecule has 0 aliphatic carbocycles. The molecule has 0 fully saturated rings. The van der Waals surface area contributed by atoms with Gasteiger partial charge in [0.1, 0.15) is 5.52 Å². The summed E-state index contributed by atoms with van der Waals surface area (Å²) >= 11 is 6.03. The van der Waals surface area contributed by atoms with Crippen LogP contribution in [0.25, 0.3) is 11.0 Å². The Kier molecular flexibility index (Phi) is 4.90. The highest BCUT2D eigenvalue weighted by Crippen LogP contribution is 2.26. The van der Waals surface area contributed by atoms with Crippen LogP contribution in [0.1, 0.15) is 24.2 Å². The van der Waals surface area contributed by atoms with Crippen molar-refractivity contribution in [1.82, 2.24) is 19.9 Å². The number of carbonyl (C=O) groups is 1. The number of aromatic nitrogens is 3. The highest BCUT2D eigenvalue weighted by atomic mass is 35.5. The van der Waals surface area contributed by atoms with Crippen LogP contribution in [-0.2, 0) is 7.05 Å². The molecule has 0 saturated carbocycles. The van der Waals surface area contributed by atoms with Crippen LogP contribution in [0.2, 0.25) is 5.02 Å². The van der Waals surface area contributed by atoms with E-state index in [2.05, 4.69) is 34.4 Å². The van der Waals surface area contributed by atoms with Gasteiger partial charge >= 0.3 is 0 Å². The van der Waals surface area contributed by atoms with Crippen molar-refractivity contribution < 1.29 is 4.79 Å². The Hall–Kier alpha value is -2.60. The summed E-state index contributed by atoms with van der Waals surface area (Å²) in [5, 5.41) is 6.77. The molecule has 130 valence electrons. The van der Waals surface area contributed by atoms with Crippen LogP contribution in [0.15, 0.2) is 36.8 Å². The van der Waals surface area contributed by atoms with Gasteiger partial charge in [-0.25, -0.2) is 9.97 Å². The lowest BCUT2D eigenvalue weighted by Gasteiger charge is -2.11. The molecule has 0 unspecified atom stereocenters. The van der Waals surface area contributed by atoms with E-state index in [4.69, 9.17) is 11.6 Å². The van der Waals surface area contributed by atoms with Gasteiger partial charge in [-0.2, -0.15) is 0 Å². The van der Waals surface area contributed by atoms with Gasteiger partial charge in [-0.3, -0.25) is 4.79 Å². The molecule has 0 bridgehead atoms. The Balaban J connectivity index is 1.98. The normalized spacial score (nSPS) is 11.1. The van der Waals surface area contributed by atoms with Crippen molar-refractivity contribution in [3.8, 4) is 0 Å². The summed E-state index contributed by atoms with van der Waals surface area (Å²) in [6.07, 6.45) is 3.25. The number of nitrogens with one attached hydrogen (secondary N) is 2. The second kappa shape index (κ2) is 7.11. The summed E-state index contributed by atoms with van der Waals surface area (Å²) in [4.78, 5) is 21.3. The van der Waals surface area contributed by atoms with Crippen molar-refractivity contribution in [3.63, 3.8) is 0 Å². The van der Waals surface area contributed by atoms with Gasteiger partial charge in [-0.05, 0) is 24.1 Å². The fourth-order valence-electron chi connectivity index (χ4n) is 2.53. The summed E-state index contributed by atoms with van der Waals surface area (Å²) in [6, 6.07) is 7.36. The Labute approximate surface area is 151 Å². The highest BCUT2D eigenvalue weighted by Gasteiger charge is 2.17. The van der Waals surface area contributed by atoms with Gasteiger partial charge < -0.3 is 15.2 Å². The lowest BCUT2D eigenvalue weighted by molar-refractivity contribution is 0.0950. The molecule has 0 aliphatic rings. The van der Waals surface area contributed by atoms with E-state index >= 15 is 0 Å². The average molecular weight is 358 g/mol. The van der Waals surface area contributed by atoms with Crippen molar-refractivity contribution in [1.29, 1.82) is 0 Å². The summed E-state index contributed by atoms with van der Waals surface area (Å²) in [5.74, 6) is 0.810. The molecule has 0 aliphatic heterocycles. The summed E-state index contributed by atoms with van der Waals surface area (Å²) < 4.78 is 1.82. The van der Waals surface area contributed by atoms with Crippen molar-refractivity contribution in [2.45, 2.75) is 13.8 Å². The van der Waals surface area contributed by atoms with Gasteiger partial charge in [0.05, 0.1) is 17.4 Å². The van der Waals surface area contributed by atoms with Crippen molar-refractivity contribution in [2.75, 3.05) is 11.9 Å². The van der Waals surface area contributed by atoms with E-state index in [1.54, 1.807) is 24.7 Å². The minimum absolute atomic E-state index is 0.149. The van der Waals surface area contributed by atoms with E-state index in [9.17, 15) is 4.79 Å². The van der Waals surface area contributed by atoms with Crippen LogP contribution in [0.3, 0.4) is 0 Å². The number of hydrogen-bond acceptors (Lipinski definition) is 4. The van der Waals surface area contributed by atoms with Crippen LogP contribution in [0, 0.1) is 5.92 Å². The Morgan fingerprint density at radius 1 is 1.32 bits per heavy atom. The number of carbonyl (C=O) groups excluding carboxylic acids is 1. The molecular formula is C18H20ClN5O. The highest BCUT2D eigenvalue weighted by molar-refractivity contribution is 6.30. The lowest BCUT2D eigenvalue weighted by atomic mass is 10.2. The van der Waals surface area contributed by atoms with Gasteiger partial charge in [0, 0.05) is 30.5 Å². The predicted molar refractivity (Wildman–Crippen MR) is 100 cm³/mol. The number of nitrogens with zero attached hydrogens (tertiary/aromatic N) is 3. The van der Waals surface area contributed by atoms with Gasteiger partial charge in [0.25, 0.3) is 5.91 Å². The van der Waals surface area contributed by atoms with Gasteiger partial charge in [0.15, 0.2) is 5.82 Å². The van der Waals surface area contributed by atoms with Gasteiger partial charge in [-0.1, -0.05) is 31.5 Å². The summed E-state index contributed by atoms with van der Waals surface area (Å²) in [5.41, 5.74) is 2.69. The Morgan fingerprint density at radius 3 is 2.84 bits per heavy atom. The van der Waals surface area contributed by atoms with Crippen molar-refractivity contribution in [2.24, 2.45) is 13.0 Å². The number of anilines is 2. The van der Waals surface area contributed by atoms with Crippen molar-refractivity contribution >= 4 is 40.0 Å². The number of benzene rings is 1. The molecule has 6 nitrogen and oxygen atoms in total. The molecule has 0 radical (unpaired) electrons. The number of fused-ring (bicyclic) bond motifs is 1. The zero-order chi connectivity index (χ0) is 18.0. The molecule has 2 aromatic heterocycles. The molecule has 0 spiro atoms. The van der Waals surface area contributed by atoms with E-state index in [1.807, 2.05) is 23.7 Å². The standard InChI is InChI=1S/C18H20ClN5O/c1-11(2)8-21-18(25)14-9-20-17(15-16(14)24(3)10-22-15)23-13-6-4-5-12(19)7-13/h4-7,9-11H,8H2,1-3H3,(H,20,23)(H,21,25). The van der Waals surface area contributed by atoms with Crippen molar-refractivity contribution in [3.05, 3.63) is 47.4 Å². The van der Waals surface area contributed by atoms with Gasteiger partial charge in [0.2, 0.25) is 0 Å². The van der Waals surface area contributed by atoms with Crippen LogP contribution in [0.5, 0.6) is 0 Å². The largest absolute Gasteiger partial charge is 0.352 e. The number of amides is 1. The first kappa shape index (κ1) is 17.2. The molecule has 0 saturated heterocycles. The topological polar surface area (TPSA) is 71.8 Å². The minimum atomic E-state index is -0.149. The molecule has 3 rings (SSSR count). The molecule has 2 N–H and O–H groups in total. The molecule has 1 aromatic carbocycles. The number of pyridine rings is 1.